The highest BCUT2D eigenvalue weighted by molar-refractivity contribution is 6.03. The second-order valence-electron chi connectivity index (χ2n) is 6.28. The van der Waals surface area contributed by atoms with Crippen LogP contribution in [0.5, 0.6) is 11.5 Å². The molecule has 0 fully saturated rings. The molecular formula is C21H19N5O3. The Kier molecular flexibility index (Phi) is 4.74. The van der Waals surface area contributed by atoms with Crippen LogP contribution in [0.1, 0.15) is 10.5 Å². The predicted molar refractivity (Wildman–Crippen MR) is 110 cm³/mol. The average Bonchev–Trinajstić information content (AvgIpc) is 3.19. The maximum Gasteiger partial charge on any atom is 0.276 e. The van der Waals surface area contributed by atoms with Crippen molar-refractivity contribution >= 4 is 22.9 Å². The molecule has 0 saturated carbocycles. The number of amides is 1. The van der Waals surface area contributed by atoms with Gasteiger partial charge in [-0.25, -0.2) is 9.50 Å². The summed E-state index contributed by atoms with van der Waals surface area (Å²) in [6.07, 6.45) is 1.67. The van der Waals surface area contributed by atoms with Crippen LogP contribution in [0.3, 0.4) is 0 Å². The summed E-state index contributed by atoms with van der Waals surface area (Å²) in [5.41, 5.74) is 9.36. The van der Waals surface area contributed by atoms with Gasteiger partial charge in [0.1, 0.15) is 0 Å². The third-order valence-electron chi connectivity index (χ3n) is 4.44. The second-order valence-corrected chi connectivity index (χ2v) is 6.28. The number of carbonyl (C=O) groups is 1. The van der Waals surface area contributed by atoms with Gasteiger partial charge in [0.15, 0.2) is 22.8 Å². The molecular weight excluding hydrogens is 370 g/mol. The van der Waals surface area contributed by atoms with Gasteiger partial charge in [-0.2, -0.15) is 5.10 Å². The fourth-order valence-corrected chi connectivity index (χ4v) is 2.98. The summed E-state index contributed by atoms with van der Waals surface area (Å²) in [4.78, 5) is 16.9. The molecule has 0 radical (unpaired) electrons. The lowest BCUT2D eigenvalue weighted by molar-refractivity contribution is 0.102. The van der Waals surface area contributed by atoms with Crippen molar-refractivity contribution in [2.24, 2.45) is 0 Å². The fourth-order valence-electron chi connectivity index (χ4n) is 2.98. The molecule has 0 aliphatic heterocycles. The largest absolute Gasteiger partial charge is 0.493 e. The maximum absolute atomic E-state index is 12.6. The molecule has 2 aromatic carbocycles. The van der Waals surface area contributed by atoms with E-state index in [1.807, 2.05) is 24.3 Å². The summed E-state index contributed by atoms with van der Waals surface area (Å²) < 4.78 is 12.3. The Balaban J connectivity index is 1.70. The number of hydrogen-bond acceptors (Lipinski definition) is 6. The van der Waals surface area contributed by atoms with Crippen LogP contribution in [0, 0.1) is 0 Å². The van der Waals surface area contributed by atoms with Crippen LogP contribution in [-0.2, 0) is 0 Å². The molecule has 0 bridgehead atoms. The van der Waals surface area contributed by atoms with Crippen molar-refractivity contribution in [1.82, 2.24) is 14.6 Å². The molecule has 2 heterocycles. The highest BCUT2D eigenvalue weighted by Crippen LogP contribution is 2.32. The minimum Gasteiger partial charge on any atom is -0.493 e. The van der Waals surface area contributed by atoms with Gasteiger partial charge in [0.05, 0.1) is 19.9 Å². The molecule has 146 valence electrons. The van der Waals surface area contributed by atoms with Crippen LogP contribution in [0.25, 0.3) is 16.9 Å². The van der Waals surface area contributed by atoms with Gasteiger partial charge in [-0.15, -0.1) is 0 Å². The molecule has 4 aromatic rings. The third-order valence-corrected chi connectivity index (χ3v) is 4.44. The van der Waals surface area contributed by atoms with Gasteiger partial charge in [-0.3, -0.25) is 4.79 Å². The van der Waals surface area contributed by atoms with Crippen molar-refractivity contribution in [3.63, 3.8) is 0 Å². The number of nitrogens with two attached hydrogens (primary N) is 1. The van der Waals surface area contributed by atoms with E-state index in [1.54, 1.807) is 55.3 Å². The zero-order chi connectivity index (χ0) is 20.4. The standard InChI is InChI=1S/C21H19N5O3/c1-28-18-8-3-13(11-19(18)29-2)17-9-10-23-20-12-16(25-26(17)20)21(27)24-15-6-4-14(22)5-7-15/h3-12H,22H2,1-2H3,(H,24,27). The second kappa shape index (κ2) is 7.51. The van der Waals surface area contributed by atoms with E-state index in [2.05, 4.69) is 15.4 Å². The number of anilines is 2. The number of benzene rings is 2. The molecule has 2 aromatic heterocycles. The summed E-state index contributed by atoms with van der Waals surface area (Å²) in [6.45, 7) is 0. The minimum atomic E-state index is -0.335. The average molecular weight is 389 g/mol. The number of nitrogens with one attached hydrogen (secondary N) is 1. The fraction of sp³-hybridized carbons (Fsp3) is 0.0952. The number of aromatic nitrogens is 3. The van der Waals surface area contributed by atoms with Crippen molar-refractivity contribution in [3.05, 3.63) is 66.5 Å². The van der Waals surface area contributed by atoms with E-state index >= 15 is 0 Å². The van der Waals surface area contributed by atoms with Crippen LogP contribution in [0.4, 0.5) is 11.4 Å². The quantitative estimate of drug-likeness (QED) is 0.508. The van der Waals surface area contributed by atoms with Gasteiger partial charge >= 0.3 is 0 Å². The molecule has 0 unspecified atom stereocenters. The lowest BCUT2D eigenvalue weighted by Crippen LogP contribution is -2.12. The molecule has 8 heteroatoms. The van der Waals surface area contributed by atoms with Gasteiger partial charge in [-0.1, -0.05) is 0 Å². The van der Waals surface area contributed by atoms with Crippen LogP contribution >= 0.6 is 0 Å². The topological polar surface area (TPSA) is 104 Å². The number of nitrogen functional groups attached to an aromatic ring is 1. The first-order valence-corrected chi connectivity index (χ1v) is 8.83. The molecule has 0 aliphatic rings. The minimum absolute atomic E-state index is 0.252. The molecule has 0 aliphatic carbocycles. The van der Waals surface area contributed by atoms with Crippen molar-refractivity contribution in [3.8, 4) is 22.8 Å². The highest BCUT2D eigenvalue weighted by atomic mass is 16.5. The van der Waals surface area contributed by atoms with E-state index in [0.29, 0.717) is 28.5 Å². The summed E-state index contributed by atoms with van der Waals surface area (Å²) in [5, 5.41) is 7.25. The number of rotatable bonds is 5. The van der Waals surface area contributed by atoms with Crippen LogP contribution in [0.15, 0.2) is 60.8 Å². The summed E-state index contributed by atoms with van der Waals surface area (Å²) in [7, 11) is 3.17. The van der Waals surface area contributed by atoms with E-state index in [9.17, 15) is 4.79 Å². The van der Waals surface area contributed by atoms with E-state index in [4.69, 9.17) is 15.2 Å². The lowest BCUT2D eigenvalue weighted by Gasteiger charge is -2.10. The Hall–Kier alpha value is -4.07. The van der Waals surface area contributed by atoms with Crippen LogP contribution in [-0.4, -0.2) is 34.7 Å². The van der Waals surface area contributed by atoms with Crippen molar-refractivity contribution in [1.29, 1.82) is 0 Å². The molecule has 0 spiro atoms. The lowest BCUT2D eigenvalue weighted by atomic mass is 10.1. The number of nitrogens with zero attached hydrogens (tertiary/aromatic N) is 3. The molecule has 0 saturated heterocycles. The van der Waals surface area contributed by atoms with Crippen molar-refractivity contribution in [2.75, 3.05) is 25.3 Å². The molecule has 3 N–H and O–H groups in total. The van der Waals surface area contributed by atoms with E-state index in [0.717, 1.165) is 11.3 Å². The monoisotopic (exact) mass is 389 g/mol. The van der Waals surface area contributed by atoms with Gasteiger partial charge in [0, 0.05) is 29.2 Å². The number of hydrogen-bond donors (Lipinski definition) is 2. The van der Waals surface area contributed by atoms with E-state index < -0.39 is 0 Å². The zero-order valence-electron chi connectivity index (χ0n) is 15.9. The first-order chi connectivity index (χ1) is 14.1. The first kappa shape index (κ1) is 18.3. The molecule has 0 atom stereocenters. The molecule has 8 nitrogen and oxygen atoms in total. The zero-order valence-corrected chi connectivity index (χ0v) is 15.9. The molecule has 1 amide bonds. The Morgan fingerprint density at radius 2 is 1.76 bits per heavy atom. The van der Waals surface area contributed by atoms with Gasteiger partial charge in [0.25, 0.3) is 5.91 Å². The number of ether oxygens (including phenoxy) is 2. The smallest absolute Gasteiger partial charge is 0.276 e. The summed E-state index contributed by atoms with van der Waals surface area (Å²) in [6, 6.07) is 15.9. The predicted octanol–water partition coefficient (Wildman–Crippen LogP) is 3.25. The van der Waals surface area contributed by atoms with E-state index in [1.165, 1.54) is 0 Å². The Labute approximate surface area is 166 Å². The van der Waals surface area contributed by atoms with Crippen LogP contribution < -0.4 is 20.5 Å². The SMILES string of the molecule is COc1ccc(-c2ccnc3cc(C(=O)Nc4ccc(N)cc4)nn23)cc1OC. The van der Waals surface area contributed by atoms with Gasteiger partial charge < -0.3 is 20.5 Å². The summed E-state index contributed by atoms with van der Waals surface area (Å²) >= 11 is 0. The number of carbonyl (C=O) groups excluding carboxylic acids is 1. The van der Waals surface area contributed by atoms with Crippen LogP contribution in [0.2, 0.25) is 0 Å². The Morgan fingerprint density at radius 3 is 2.48 bits per heavy atom. The van der Waals surface area contributed by atoms with Gasteiger partial charge in [0.2, 0.25) is 0 Å². The number of fused-ring (bicyclic) bond motifs is 1. The third kappa shape index (κ3) is 3.55. The van der Waals surface area contributed by atoms with Crippen molar-refractivity contribution in [2.45, 2.75) is 0 Å². The highest BCUT2D eigenvalue weighted by Gasteiger charge is 2.15. The van der Waals surface area contributed by atoms with Gasteiger partial charge in [-0.05, 0) is 48.5 Å². The Bertz CT molecular complexity index is 1180. The number of methoxy groups -OCH3 is 2. The molecule has 4 rings (SSSR count). The normalized spacial score (nSPS) is 10.7. The first-order valence-electron chi connectivity index (χ1n) is 8.83. The maximum atomic E-state index is 12.6. The molecule has 29 heavy (non-hydrogen) atoms. The summed E-state index contributed by atoms with van der Waals surface area (Å²) in [5.74, 6) is 0.896. The Morgan fingerprint density at radius 1 is 1.00 bits per heavy atom. The van der Waals surface area contributed by atoms with Crippen molar-refractivity contribution < 1.29 is 14.3 Å². The van der Waals surface area contributed by atoms with E-state index in [-0.39, 0.29) is 11.6 Å².